The molecule has 4 heteroatoms. The number of nitrogens with two attached hydrogens (primary N) is 1. The molecule has 1 saturated heterocycles. The van der Waals surface area contributed by atoms with Gasteiger partial charge in [-0.05, 0) is 32.1 Å². The van der Waals surface area contributed by atoms with Crippen molar-refractivity contribution in [2.75, 3.05) is 26.2 Å². The Bertz CT molecular complexity index is 326. The van der Waals surface area contributed by atoms with Gasteiger partial charge in [-0.25, -0.2) is 0 Å². The third-order valence-corrected chi connectivity index (χ3v) is 5.36. The van der Waals surface area contributed by atoms with E-state index >= 15 is 0 Å². The number of hydrogen-bond acceptors (Lipinski definition) is 3. The van der Waals surface area contributed by atoms with E-state index in [9.17, 15) is 4.79 Å². The Balaban J connectivity index is 1.45. The molecular weight excluding hydrogens is 238 g/mol. The number of nitrogens with zero attached hydrogens (tertiary/aromatic N) is 2. The molecule has 3 aliphatic rings. The minimum absolute atomic E-state index is 0.167. The number of piperazine rings is 1. The van der Waals surface area contributed by atoms with E-state index in [1.807, 2.05) is 4.90 Å². The first-order valence-electron chi connectivity index (χ1n) is 7.97. The SMILES string of the molecule is NC1(CC(=O)N2CCN(C3CCCC3)CC2)CCC1. The van der Waals surface area contributed by atoms with Gasteiger partial charge in [-0.2, -0.15) is 0 Å². The van der Waals surface area contributed by atoms with Crippen molar-refractivity contribution in [2.24, 2.45) is 5.73 Å². The zero-order valence-electron chi connectivity index (χ0n) is 11.9. The smallest absolute Gasteiger partial charge is 0.224 e. The van der Waals surface area contributed by atoms with Gasteiger partial charge in [0.25, 0.3) is 0 Å². The molecule has 3 fully saturated rings. The average Bonchev–Trinajstić information content (AvgIpc) is 2.91. The third kappa shape index (κ3) is 2.95. The summed E-state index contributed by atoms with van der Waals surface area (Å²) in [4.78, 5) is 16.9. The van der Waals surface area contributed by atoms with Gasteiger partial charge in [0.1, 0.15) is 0 Å². The molecule has 0 aromatic heterocycles. The normalized spacial score (nSPS) is 28.4. The Kier molecular flexibility index (Phi) is 3.81. The van der Waals surface area contributed by atoms with Crippen LogP contribution in [0.4, 0.5) is 0 Å². The van der Waals surface area contributed by atoms with E-state index in [0.717, 1.165) is 45.1 Å². The van der Waals surface area contributed by atoms with Crippen LogP contribution in [0.25, 0.3) is 0 Å². The first-order chi connectivity index (χ1) is 9.16. The van der Waals surface area contributed by atoms with Gasteiger partial charge in [0.2, 0.25) is 5.91 Å². The number of carbonyl (C=O) groups excluding carboxylic acids is 1. The quantitative estimate of drug-likeness (QED) is 0.838. The summed E-state index contributed by atoms with van der Waals surface area (Å²) in [6, 6.07) is 0.796. The van der Waals surface area contributed by atoms with Gasteiger partial charge in [-0.3, -0.25) is 9.69 Å². The van der Waals surface area contributed by atoms with Crippen LogP contribution in [0.1, 0.15) is 51.4 Å². The molecule has 0 aromatic carbocycles. The summed E-state index contributed by atoms with van der Waals surface area (Å²) in [7, 11) is 0. The van der Waals surface area contributed by atoms with Crippen LogP contribution in [0, 0.1) is 0 Å². The lowest BCUT2D eigenvalue weighted by molar-refractivity contribution is -0.135. The van der Waals surface area contributed by atoms with E-state index in [1.54, 1.807) is 0 Å². The maximum absolute atomic E-state index is 12.3. The van der Waals surface area contributed by atoms with Gasteiger partial charge in [-0.15, -0.1) is 0 Å². The van der Waals surface area contributed by atoms with Crippen molar-refractivity contribution in [3.63, 3.8) is 0 Å². The van der Waals surface area contributed by atoms with Gasteiger partial charge in [0, 0.05) is 44.2 Å². The van der Waals surface area contributed by atoms with Gasteiger partial charge in [0.15, 0.2) is 0 Å². The first-order valence-corrected chi connectivity index (χ1v) is 7.97. The Morgan fingerprint density at radius 2 is 1.68 bits per heavy atom. The number of carbonyl (C=O) groups is 1. The topological polar surface area (TPSA) is 49.6 Å². The highest BCUT2D eigenvalue weighted by Crippen LogP contribution is 2.33. The fraction of sp³-hybridized carbons (Fsp3) is 0.933. The molecule has 2 saturated carbocycles. The van der Waals surface area contributed by atoms with E-state index in [1.165, 1.54) is 32.1 Å². The molecule has 0 spiro atoms. The molecule has 0 radical (unpaired) electrons. The summed E-state index contributed by atoms with van der Waals surface area (Å²) < 4.78 is 0. The molecular formula is C15H27N3O. The highest BCUT2D eigenvalue weighted by Gasteiger charge is 2.37. The number of amides is 1. The van der Waals surface area contributed by atoms with Crippen LogP contribution in [-0.4, -0.2) is 53.5 Å². The van der Waals surface area contributed by atoms with Crippen molar-refractivity contribution >= 4 is 5.91 Å². The highest BCUT2D eigenvalue weighted by molar-refractivity contribution is 5.77. The number of rotatable bonds is 3. The molecule has 108 valence electrons. The van der Waals surface area contributed by atoms with Crippen molar-refractivity contribution in [3.05, 3.63) is 0 Å². The first kappa shape index (κ1) is 13.4. The highest BCUT2D eigenvalue weighted by atomic mass is 16.2. The number of hydrogen-bond donors (Lipinski definition) is 1. The zero-order chi connectivity index (χ0) is 13.3. The van der Waals surface area contributed by atoms with E-state index in [0.29, 0.717) is 6.42 Å². The van der Waals surface area contributed by atoms with Crippen molar-refractivity contribution in [3.8, 4) is 0 Å². The predicted molar refractivity (Wildman–Crippen MR) is 75.8 cm³/mol. The standard InChI is InChI=1S/C15H27N3O/c16-15(6-3-7-15)12-14(19)18-10-8-17(9-11-18)13-4-1-2-5-13/h13H,1-12,16H2. The fourth-order valence-corrected chi connectivity index (χ4v) is 3.83. The minimum Gasteiger partial charge on any atom is -0.340 e. The fourth-order valence-electron chi connectivity index (χ4n) is 3.83. The minimum atomic E-state index is -0.167. The average molecular weight is 265 g/mol. The van der Waals surface area contributed by atoms with E-state index in [-0.39, 0.29) is 11.4 Å². The lowest BCUT2D eigenvalue weighted by atomic mass is 9.75. The van der Waals surface area contributed by atoms with Crippen LogP contribution >= 0.6 is 0 Å². The van der Waals surface area contributed by atoms with Gasteiger partial charge in [0.05, 0.1) is 0 Å². The molecule has 3 rings (SSSR count). The second-order valence-corrected chi connectivity index (χ2v) is 6.75. The van der Waals surface area contributed by atoms with Crippen molar-refractivity contribution in [1.29, 1.82) is 0 Å². The van der Waals surface area contributed by atoms with Gasteiger partial charge in [-0.1, -0.05) is 12.8 Å². The van der Waals surface area contributed by atoms with Crippen molar-refractivity contribution in [2.45, 2.75) is 62.9 Å². The second-order valence-electron chi connectivity index (χ2n) is 6.75. The molecule has 1 amide bonds. The monoisotopic (exact) mass is 265 g/mol. The van der Waals surface area contributed by atoms with Crippen LogP contribution < -0.4 is 5.73 Å². The maximum atomic E-state index is 12.3. The van der Waals surface area contributed by atoms with Crippen LogP contribution in [0.2, 0.25) is 0 Å². The van der Waals surface area contributed by atoms with E-state index in [4.69, 9.17) is 5.73 Å². The largest absolute Gasteiger partial charge is 0.340 e. The summed E-state index contributed by atoms with van der Waals surface area (Å²) in [6.07, 6.45) is 9.32. The molecule has 19 heavy (non-hydrogen) atoms. The Morgan fingerprint density at radius 1 is 1.05 bits per heavy atom. The summed E-state index contributed by atoms with van der Waals surface area (Å²) in [5.41, 5.74) is 6.01. The molecule has 2 aliphatic carbocycles. The lowest BCUT2D eigenvalue weighted by Crippen LogP contribution is -2.55. The van der Waals surface area contributed by atoms with Crippen LogP contribution in [0.5, 0.6) is 0 Å². The van der Waals surface area contributed by atoms with Gasteiger partial charge < -0.3 is 10.6 Å². The predicted octanol–water partition coefficient (Wildman–Crippen LogP) is 1.34. The van der Waals surface area contributed by atoms with Crippen LogP contribution in [0.15, 0.2) is 0 Å². The van der Waals surface area contributed by atoms with Crippen molar-refractivity contribution < 1.29 is 4.79 Å². The Hall–Kier alpha value is -0.610. The maximum Gasteiger partial charge on any atom is 0.224 e. The third-order valence-electron chi connectivity index (χ3n) is 5.36. The van der Waals surface area contributed by atoms with Crippen molar-refractivity contribution in [1.82, 2.24) is 9.80 Å². The van der Waals surface area contributed by atoms with E-state index in [2.05, 4.69) is 4.90 Å². The van der Waals surface area contributed by atoms with Crippen LogP contribution in [-0.2, 0) is 4.79 Å². The second kappa shape index (κ2) is 5.41. The molecule has 2 N–H and O–H groups in total. The van der Waals surface area contributed by atoms with Gasteiger partial charge >= 0.3 is 0 Å². The Labute approximate surface area is 116 Å². The molecule has 4 nitrogen and oxygen atoms in total. The molecule has 1 aliphatic heterocycles. The lowest BCUT2D eigenvalue weighted by Gasteiger charge is -2.42. The molecule has 0 bridgehead atoms. The van der Waals surface area contributed by atoms with E-state index < -0.39 is 0 Å². The molecule has 0 aromatic rings. The molecule has 0 unspecified atom stereocenters. The van der Waals surface area contributed by atoms with Crippen LogP contribution in [0.3, 0.4) is 0 Å². The molecule has 1 heterocycles. The summed E-state index contributed by atoms with van der Waals surface area (Å²) >= 11 is 0. The Morgan fingerprint density at radius 3 is 2.21 bits per heavy atom. The summed E-state index contributed by atoms with van der Waals surface area (Å²) in [5, 5.41) is 0. The zero-order valence-corrected chi connectivity index (χ0v) is 11.9. The molecule has 0 atom stereocenters. The summed E-state index contributed by atoms with van der Waals surface area (Å²) in [6.45, 7) is 3.94. The summed E-state index contributed by atoms with van der Waals surface area (Å²) in [5.74, 6) is 0.285.